The summed E-state index contributed by atoms with van der Waals surface area (Å²) < 4.78 is 31.0. The Labute approximate surface area is 170 Å². The van der Waals surface area contributed by atoms with Crippen LogP contribution in [0.1, 0.15) is 28.8 Å². The summed E-state index contributed by atoms with van der Waals surface area (Å²) in [5, 5.41) is 3.08. The van der Waals surface area contributed by atoms with E-state index < -0.39 is 10.0 Å². The molecule has 1 heterocycles. The van der Waals surface area contributed by atoms with Gasteiger partial charge in [-0.05, 0) is 55.2 Å². The first kappa shape index (κ1) is 20.5. The quantitative estimate of drug-likeness (QED) is 0.775. The Bertz CT molecular complexity index is 962. The Kier molecular flexibility index (Phi) is 6.46. The number of benzene rings is 2. The summed E-state index contributed by atoms with van der Waals surface area (Å²) in [6.45, 7) is 0.884. The van der Waals surface area contributed by atoms with Gasteiger partial charge in [-0.1, -0.05) is 23.7 Å². The van der Waals surface area contributed by atoms with E-state index in [-0.39, 0.29) is 16.7 Å². The maximum Gasteiger partial charge on any atom is 0.252 e. The van der Waals surface area contributed by atoms with Crippen molar-refractivity contribution in [2.45, 2.75) is 19.3 Å². The minimum Gasteiger partial charge on any atom is -0.497 e. The summed E-state index contributed by atoms with van der Waals surface area (Å²) in [5.41, 5.74) is 1.87. The van der Waals surface area contributed by atoms with Gasteiger partial charge in [0.25, 0.3) is 5.91 Å². The number of amides is 1. The molecule has 0 radical (unpaired) electrons. The SMILES string of the molecule is COc1cccc(CCNC(=O)c2ccc(N3CCCCS3(=O)=O)cc2Cl)c1. The second-order valence-corrected chi connectivity index (χ2v) is 9.04. The molecule has 1 N–H and O–H groups in total. The molecule has 1 saturated heterocycles. The van der Waals surface area contributed by atoms with Crippen LogP contribution < -0.4 is 14.4 Å². The smallest absolute Gasteiger partial charge is 0.252 e. The number of halogens is 1. The Morgan fingerprint density at radius 3 is 2.75 bits per heavy atom. The monoisotopic (exact) mass is 422 g/mol. The predicted molar refractivity (Wildman–Crippen MR) is 111 cm³/mol. The Hall–Kier alpha value is -2.25. The van der Waals surface area contributed by atoms with E-state index in [1.54, 1.807) is 25.3 Å². The molecule has 150 valence electrons. The summed E-state index contributed by atoms with van der Waals surface area (Å²) in [4.78, 5) is 12.4. The van der Waals surface area contributed by atoms with Crippen LogP contribution in [0.4, 0.5) is 5.69 Å². The van der Waals surface area contributed by atoms with Crippen LogP contribution in [0.5, 0.6) is 5.75 Å². The van der Waals surface area contributed by atoms with Gasteiger partial charge in [-0.25, -0.2) is 8.42 Å². The molecule has 0 spiro atoms. The summed E-state index contributed by atoms with van der Waals surface area (Å²) in [6, 6.07) is 12.4. The lowest BCUT2D eigenvalue weighted by Gasteiger charge is -2.28. The Balaban J connectivity index is 1.64. The number of hydrogen-bond acceptors (Lipinski definition) is 4. The van der Waals surface area contributed by atoms with Gasteiger partial charge in [0, 0.05) is 13.1 Å². The van der Waals surface area contributed by atoms with Crippen LogP contribution in [0, 0.1) is 0 Å². The second-order valence-electron chi connectivity index (χ2n) is 6.62. The van der Waals surface area contributed by atoms with E-state index in [4.69, 9.17) is 16.3 Å². The zero-order valence-corrected chi connectivity index (χ0v) is 17.2. The third-order valence-corrected chi connectivity index (χ3v) is 6.85. The zero-order chi connectivity index (χ0) is 20.1. The summed E-state index contributed by atoms with van der Waals surface area (Å²) in [6.07, 6.45) is 2.13. The molecular formula is C20H23ClN2O4S. The van der Waals surface area contributed by atoms with Gasteiger partial charge in [0.05, 0.1) is 29.1 Å². The molecule has 2 aromatic carbocycles. The van der Waals surface area contributed by atoms with E-state index >= 15 is 0 Å². The third kappa shape index (κ3) is 4.77. The number of nitrogens with one attached hydrogen (secondary N) is 1. The number of rotatable bonds is 6. The molecule has 0 bridgehead atoms. The normalized spacial score (nSPS) is 15.9. The number of hydrogen-bond donors (Lipinski definition) is 1. The number of carbonyl (C=O) groups excluding carboxylic acids is 1. The van der Waals surface area contributed by atoms with E-state index in [1.165, 1.54) is 4.31 Å². The fourth-order valence-electron chi connectivity index (χ4n) is 3.17. The van der Waals surface area contributed by atoms with Crippen LogP contribution in [0.15, 0.2) is 42.5 Å². The molecule has 1 aliphatic heterocycles. The molecule has 8 heteroatoms. The lowest BCUT2D eigenvalue weighted by atomic mass is 10.1. The first-order valence-corrected chi connectivity index (χ1v) is 11.1. The number of anilines is 1. The minimum atomic E-state index is -3.31. The lowest BCUT2D eigenvalue weighted by Crippen LogP contribution is -2.37. The average Bonchev–Trinajstić information content (AvgIpc) is 2.67. The third-order valence-electron chi connectivity index (χ3n) is 4.67. The summed E-state index contributed by atoms with van der Waals surface area (Å²) in [7, 11) is -1.70. The fourth-order valence-corrected chi connectivity index (χ4v) is 5.06. The number of nitrogens with zero attached hydrogens (tertiary/aromatic N) is 1. The highest BCUT2D eigenvalue weighted by Gasteiger charge is 2.26. The summed E-state index contributed by atoms with van der Waals surface area (Å²) in [5.74, 6) is 0.619. The predicted octanol–water partition coefficient (Wildman–Crippen LogP) is 3.25. The standard InChI is InChI=1S/C20H23ClN2O4S/c1-27-17-6-4-5-15(13-17)9-10-22-20(24)18-8-7-16(14-19(18)21)23-11-2-3-12-28(23,25)26/h4-8,13-14H,2-3,9-12H2,1H3,(H,22,24). The molecule has 3 rings (SSSR count). The van der Waals surface area contributed by atoms with Crippen molar-refractivity contribution >= 4 is 33.2 Å². The van der Waals surface area contributed by atoms with Gasteiger partial charge in [-0.2, -0.15) is 0 Å². The first-order chi connectivity index (χ1) is 13.4. The maximum absolute atomic E-state index is 12.4. The van der Waals surface area contributed by atoms with Crippen LogP contribution in [-0.4, -0.2) is 40.3 Å². The molecule has 1 aliphatic rings. The van der Waals surface area contributed by atoms with Crippen LogP contribution in [0.2, 0.25) is 5.02 Å². The van der Waals surface area contributed by atoms with Crippen LogP contribution in [0.3, 0.4) is 0 Å². The second kappa shape index (κ2) is 8.84. The molecular weight excluding hydrogens is 400 g/mol. The molecule has 0 atom stereocenters. The molecule has 0 aromatic heterocycles. The summed E-state index contributed by atoms with van der Waals surface area (Å²) >= 11 is 6.27. The van der Waals surface area contributed by atoms with Crippen LogP contribution in [-0.2, 0) is 16.4 Å². The van der Waals surface area contributed by atoms with Gasteiger partial charge < -0.3 is 10.1 Å². The topological polar surface area (TPSA) is 75.7 Å². The van der Waals surface area contributed by atoms with Crippen molar-refractivity contribution in [2.75, 3.05) is 30.3 Å². The van der Waals surface area contributed by atoms with Crippen molar-refractivity contribution in [1.29, 1.82) is 0 Å². The van der Waals surface area contributed by atoms with Crippen molar-refractivity contribution in [2.24, 2.45) is 0 Å². The molecule has 0 aliphatic carbocycles. The maximum atomic E-state index is 12.4. The van der Waals surface area contributed by atoms with Gasteiger partial charge in [0.2, 0.25) is 10.0 Å². The lowest BCUT2D eigenvalue weighted by molar-refractivity contribution is 0.0954. The van der Waals surface area contributed by atoms with Gasteiger partial charge in [-0.15, -0.1) is 0 Å². The van der Waals surface area contributed by atoms with E-state index in [9.17, 15) is 13.2 Å². The van der Waals surface area contributed by atoms with Crippen molar-refractivity contribution in [1.82, 2.24) is 5.32 Å². The van der Waals surface area contributed by atoms with E-state index in [1.807, 2.05) is 24.3 Å². The number of ether oxygens (including phenoxy) is 1. The number of sulfonamides is 1. The van der Waals surface area contributed by atoms with E-state index in [2.05, 4.69) is 5.32 Å². The number of carbonyl (C=O) groups is 1. The molecule has 0 unspecified atom stereocenters. The van der Waals surface area contributed by atoms with Crippen molar-refractivity contribution in [3.63, 3.8) is 0 Å². The van der Waals surface area contributed by atoms with Gasteiger partial charge in [0.15, 0.2) is 0 Å². The first-order valence-electron chi connectivity index (χ1n) is 9.12. The van der Waals surface area contributed by atoms with Crippen molar-refractivity contribution in [3.05, 3.63) is 58.6 Å². The van der Waals surface area contributed by atoms with Gasteiger partial charge >= 0.3 is 0 Å². The molecule has 2 aromatic rings. The highest BCUT2D eigenvalue weighted by molar-refractivity contribution is 7.92. The van der Waals surface area contributed by atoms with E-state index in [0.29, 0.717) is 37.2 Å². The molecule has 28 heavy (non-hydrogen) atoms. The zero-order valence-electron chi connectivity index (χ0n) is 15.7. The Morgan fingerprint density at radius 2 is 2.04 bits per heavy atom. The molecule has 1 amide bonds. The minimum absolute atomic E-state index is 0.136. The Morgan fingerprint density at radius 1 is 1.21 bits per heavy atom. The largest absolute Gasteiger partial charge is 0.497 e. The van der Waals surface area contributed by atoms with Crippen molar-refractivity contribution < 1.29 is 17.9 Å². The van der Waals surface area contributed by atoms with Crippen LogP contribution in [0.25, 0.3) is 0 Å². The molecule has 6 nitrogen and oxygen atoms in total. The highest BCUT2D eigenvalue weighted by Crippen LogP contribution is 2.28. The average molecular weight is 423 g/mol. The molecule has 1 fully saturated rings. The molecule has 0 saturated carbocycles. The van der Waals surface area contributed by atoms with Crippen molar-refractivity contribution in [3.8, 4) is 5.75 Å². The van der Waals surface area contributed by atoms with Gasteiger partial charge in [-0.3, -0.25) is 9.10 Å². The number of methoxy groups -OCH3 is 1. The van der Waals surface area contributed by atoms with Crippen LogP contribution >= 0.6 is 11.6 Å². The van der Waals surface area contributed by atoms with Gasteiger partial charge in [0.1, 0.15) is 5.75 Å². The fraction of sp³-hybridized carbons (Fsp3) is 0.350. The highest BCUT2D eigenvalue weighted by atomic mass is 35.5. The van der Waals surface area contributed by atoms with E-state index in [0.717, 1.165) is 17.7 Å².